The zero-order chi connectivity index (χ0) is 26.3. The van der Waals surface area contributed by atoms with Gasteiger partial charge in [-0.2, -0.15) is 0 Å². The fourth-order valence-electron chi connectivity index (χ4n) is 2.97. The Bertz CT molecular complexity index is 764. The van der Waals surface area contributed by atoms with E-state index in [1.54, 1.807) is 13.0 Å². The fraction of sp³-hybridized carbons (Fsp3) is 0.583. The summed E-state index contributed by atoms with van der Waals surface area (Å²) in [5.74, 6) is -4.34. The van der Waals surface area contributed by atoms with Crippen molar-refractivity contribution in [3.05, 3.63) is 24.3 Å². The van der Waals surface area contributed by atoms with Crippen molar-refractivity contribution in [2.24, 2.45) is 23.7 Å². The van der Waals surface area contributed by atoms with Crippen LogP contribution < -0.4 is 0 Å². The first kappa shape index (κ1) is 32.1. The van der Waals surface area contributed by atoms with Crippen LogP contribution in [0.2, 0.25) is 0 Å². The molecule has 0 heterocycles. The molecule has 0 radical (unpaired) electrons. The largest absolute Gasteiger partial charge is 0.469 e. The molecule has 0 spiro atoms. The summed E-state index contributed by atoms with van der Waals surface area (Å²) in [5.41, 5.74) is 1.10. The van der Waals surface area contributed by atoms with E-state index in [-0.39, 0.29) is 29.4 Å². The van der Waals surface area contributed by atoms with Crippen LogP contribution in [0, 0.1) is 23.7 Å². The van der Waals surface area contributed by atoms with Gasteiger partial charge in [0.25, 0.3) is 0 Å². The second-order valence-corrected chi connectivity index (χ2v) is 7.59. The van der Waals surface area contributed by atoms with E-state index in [1.165, 1.54) is 48.2 Å². The molecule has 0 aliphatic heterocycles. The number of allylic oxidation sites excluding steroid dienone is 3. The van der Waals surface area contributed by atoms with Crippen molar-refractivity contribution in [1.82, 2.24) is 0 Å². The first-order chi connectivity index (χ1) is 15.3. The lowest BCUT2D eigenvalue weighted by molar-refractivity contribution is -0.159. The highest BCUT2D eigenvalue weighted by atomic mass is 16.5. The molecule has 4 atom stereocenters. The highest BCUT2D eigenvalue weighted by Gasteiger charge is 2.35. The summed E-state index contributed by atoms with van der Waals surface area (Å²) in [6.07, 6.45) is 4.59. The molecule has 9 heteroatoms. The van der Waals surface area contributed by atoms with Crippen molar-refractivity contribution < 1.29 is 43.0 Å². The molecule has 1 rings (SSSR count). The average molecular weight is 469 g/mol. The van der Waals surface area contributed by atoms with Gasteiger partial charge in [-0.05, 0) is 45.8 Å². The van der Waals surface area contributed by atoms with Crippen LogP contribution in [-0.2, 0) is 43.0 Å². The molecule has 0 saturated carbocycles. The molecule has 9 nitrogen and oxygen atoms in total. The van der Waals surface area contributed by atoms with Gasteiger partial charge >= 0.3 is 17.9 Å². The van der Waals surface area contributed by atoms with Crippen LogP contribution in [0.3, 0.4) is 0 Å². The molecule has 33 heavy (non-hydrogen) atoms. The van der Waals surface area contributed by atoms with Crippen LogP contribution in [0.5, 0.6) is 0 Å². The molecule has 0 aromatic carbocycles. The van der Waals surface area contributed by atoms with Crippen molar-refractivity contribution in [2.75, 3.05) is 21.3 Å². The van der Waals surface area contributed by atoms with E-state index in [2.05, 4.69) is 20.8 Å². The van der Waals surface area contributed by atoms with Gasteiger partial charge in [0.05, 0.1) is 33.2 Å². The lowest BCUT2D eigenvalue weighted by atomic mass is 9.81. The molecule has 0 N–H and O–H groups in total. The summed E-state index contributed by atoms with van der Waals surface area (Å²) >= 11 is 0. The number of hydrogen-bond acceptors (Lipinski definition) is 9. The average Bonchev–Trinajstić information content (AvgIpc) is 2.77. The predicted octanol–water partition coefficient (Wildman–Crippen LogP) is 2.66. The number of rotatable bonds is 7. The van der Waals surface area contributed by atoms with E-state index in [0.29, 0.717) is 0 Å². The molecule has 1 aliphatic carbocycles. The molecule has 4 unspecified atom stereocenters. The van der Waals surface area contributed by atoms with Gasteiger partial charge in [0.1, 0.15) is 11.7 Å². The minimum atomic E-state index is -1.08. The van der Waals surface area contributed by atoms with Gasteiger partial charge in [0.15, 0.2) is 11.6 Å². The third kappa shape index (κ3) is 11.9. The molecular weight excluding hydrogens is 432 g/mol. The Morgan fingerprint density at radius 3 is 1.76 bits per heavy atom. The van der Waals surface area contributed by atoms with Crippen LogP contribution in [-0.4, -0.2) is 56.6 Å². The number of methoxy groups -OCH3 is 3. The van der Waals surface area contributed by atoms with E-state index in [9.17, 15) is 28.8 Å². The van der Waals surface area contributed by atoms with Crippen molar-refractivity contribution in [3.63, 3.8) is 0 Å². The van der Waals surface area contributed by atoms with E-state index in [0.717, 1.165) is 18.4 Å². The monoisotopic (exact) mass is 468 g/mol. The molecule has 0 bridgehead atoms. The Balaban J connectivity index is 0. The minimum absolute atomic E-state index is 0.0185. The number of ketones is 3. The zero-order valence-corrected chi connectivity index (χ0v) is 20.8. The Kier molecular flexibility index (Phi) is 16.1. The highest BCUT2D eigenvalue weighted by Crippen LogP contribution is 2.27. The van der Waals surface area contributed by atoms with Gasteiger partial charge in [-0.25, -0.2) is 0 Å². The molecular formula is C24H36O9. The summed E-state index contributed by atoms with van der Waals surface area (Å²) in [5, 5.41) is 0. The summed E-state index contributed by atoms with van der Waals surface area (Å²) in [6, 6.07) is 0. The maximum absolute atomic E-state index is 11.6. The third-order valence-corrected chi connectivity index (χ3v) is 5.03. The number of ether oxygens (including phenoxy) is 3. The second kappa shape index (κ2) is 16.5. The smallest absolute Gasteiger partial charge is 0.317 e. The Hall–Kier alpha value is -3.10. The molecule has 0 amide bonds. The summed E-state index contributed by atoms with van der Waals surface area (Å²) in [4.78, 5) is 65.9. The summed E-state index contributed by atoms with van der Waals surface area (Å²) < 4.78 is 13.5. The molecule has 0 fully saturated rings. The van der Waals surface area contributed by atoms with Crippen LogP contribution in [0.25, 0.3) is 0 Å². The third-order valence-electron chi connectivity index (χ3n) is 5.03. The van der Waals surface area contributed by atoms with Crippen molar-refractivity contribution in [1.29, 1.82) is 0 Å². The predicted molar refractivity (Wildman–Crippen MR) is 121 cm³/mol. The standard InChI is InChI=1S/C11H16O3.C9H14O5.C4H6O/c1-7-4-5-9(10(12)6-7)8(2)11(13)14-3;1-5(8(11)13-3)7(6(2)10)9(12)14-4;1-3-4(2)5/h6,8-9H,4-5H2,1-3H3;5,7H,1-4H3;3H,1H2,2H3. The molecule has 186 valence electrons. The van der Waals surface area contributed by atoms with Crippen LogP contribution in [0.15, 0.2) is 24.3 Å². The Morgan fingerprint density at radius 2 is 1.42 bits per heavy atom. The number of Topliss-reactive ketones (excluding diaryl/α,β-unsaturated/α-hetero) is 1. The maximum Gasteiger partial charge on any atom is 0.317 e. The van der Waals surface area contributed by atoms with Gasteiger partial charge in [-0.1, -0.05) is 26.0 Å². The van der Waals surface area contributed by atoms with E-state index >= 15 is 0 Å². The topological polar surface area (TPSA) is 130 Å². The van der Waals surface area contributed by atoms with Crippen molar-refractivity contribution in [2.45, 2.75) is 47.5 Å². The van der Waals surface area contributed by atoms with Crippen LogP contribution in [0.1, 0.15) is 47.5 Å². The first-order valence-corrected chi connectivity index (χ1v) is 10.4. The zero-order valence-electron chi connectivity index (χ0n) is 20.8. The Labute approximate surface area is 195 Å². The van der Waals surface area contributed by atoms with Crippen molar-refractivity contribution >= 4 is 35.3 Å². The van der Waals surface area contributed by atoms with Gasteiger partial charge in [-0.3, -0.25) is 28.8 Å². The molecule has 1 aliphatic rings. The van der Waals surface area contributed by atoms with Gasteiger partial charge < -0.3 is 14.2 Å². The number of carbonyl (C=O) groups is 6. The van der Waals surface area contributed by atoms with E-state index in [1.807, 2.05) is 6.92 Å². The molecule has 0 saturated heterocycles. The first-order valence-electron chi connectivity index (χ1n) is 10.4. The second-order valence-electron chi connectivity index (χ2n) is 7.59. The van der Waals surface area contributed by atoms with E-state index < -0.39 is 29.6 Å². The normalized spacial score (nSPS) is 17.2. The molecule has 0 aromatic rings. The maximum atomic E-state index is 11.6. The summed E-state index contributed by atoms with van der Waals surface area (Å²) in [6.45, 7) is 11.1. The lowest BCUT2D eigenvalue weighted by Gasteiger charge is -2.23. The highest BCUT2D eigenvalue weighted by molar-refractivity contribution is 6.01. The molecule has 0 aromatic heterocycles. The Morgan fingerprint density at radius 1 is 0.970 bits per heavy atom. The quantitative estimate of drug-likeness (QED) is 0.239. The number of carbonyl (C=O) groups excluding carboxylic acids is 6. The SMILES string of the molecule is C=CC(C)=O.COC(=O)C(C)C(C(C)=O)C(=O)OC.COC(=O)C(C)C1CCC(C)=CC1=O. The number of hydrogen-bond donors (Lipinski definition) is 0. The fourth-order valence-corrected chi connectivity index (χ4v) is 2.97. The number of esters is 3. The summed E-state index contributed by atoms with van der Waals surface area (Å²) in [7, 11) is 3.73. The minimum Gasteiger partial charge on any atom is -0.469 e. The van der Waals surface area contributed by atoms with Gasteiger partial charge in [-0.15, -0.1) is 0 Å². The van der Waals surface area contributed by atoms with E-state index in [4.69, 9.17) is 0 Å². The van der Waals surface area contributed by atoms with Gasteiger partial charge in [0.2, 0.25) is 0 Å². The lowest BCUT2D eigenvalue weighted by Crippen LogP contribution is -2.34. The van der Waals surface area contributed by atoms with Gasteiger partial charge in [0, 0.05) is 5.92 Å². The van der Waals surface area contributed by atoms with Crippen LogP contribution >= 0.6 is 0 Å². The van der Waals surface area contributed by atoms with Crippen molar-refractivity contribution in [3.8, 4) is 0 Å². The van der Waals surface area contributed by atoms with Crippen LogP contribution in [0.4, 0.5) is 0 Å².